The predicted octanol–water partition coefficient (Wildman–Crippen LogP) is 1.90. The Morgan fingerprint density at radius 1 is 1.10 bits per heavy atom. The van der Waals surface area contributed by atoms with E-state index in [2.05, 4.69) is 10.3 Å². The predicted molar refractivity (Wildman–Crippen MR) is 72.7 cm³/mol. The van der Waals surface area contributed by atoms with Gasteiger partial charge in [-0.15, -0.1) is 5.10 Å². The minimum atomic E-state index is -3.97. The molecule has 0 fully saturated rings. The van der Waals surface area contributed by atoms with Crippen LogP contribution in [0.15, 0.2) is 53.4 Å². The van der Waals surface area contributed by atoms with Crippen molar-refractivity contribution in [3.8, 4) is 0 Å². The highest BCUT2D eigenvalue weighted by molar-refractivity contribution is 7.87. The number of hydrogen-bond donors (Lipinski definition) is 0. The molecule has 102 valence electrons. The third-order valence-electron chi connectivity index (χ3n) is 2.58. The highest BCUT2D eigenvalue weighted by Crippen LogP contribution is 2.17. The normalized spacial score (nSPS) is 11.7. The second kappa shape index (κ2) is 4.77. The van der Waals surface area contributed by atoms with Gasteiger partial charge in [0, 0.05) is 5.02 Å². The van der Waals surface area contributed by atoms with Crippen molar-refractivity contribution < 1.29 is 12.7 Å². The summed E-state index contributed by atoms with van der Waals surface area (Å²) in [6.45, 7) is 0. The quantitative estimate of drug-likeness (QED) is 0.739. The van der Waals surface area contributed by atoms with E-state index in [1.165, 1.54) is 18.2 Å². The zero-order chi connectivity index (χ0) is 14.2. The molecule has 0 amide bonds. The van der Waals surface area contributed by atoms with E-state index in [-0.39, 0.29) is 4.90 Å². The molecule has 2 aromatic carbocycles. The van der Waals surface area contributed by atoms with Gasteiger partial charge in [-0.05, 0) is 35.5 Å². The van der Waals surface area contributed by atoms with Crippen LogP contribution in [0.1, 0.15) is 0 Å². The van der Waals surface area contributed by atoms with E-state index < -0.39 is 10.1 Å². The molecule has 0 aliphatic rings. The van der Waals surface area contributed by atoms with Gasteiger partial charge >= 0.3 is 10.1 Å². The topological polar surface area (TPSA) is 74.1 Å². The number of rotatable bonds is 3. The van der Waals surface area contributed by atoms with Crippen LogP contribution in [0.3, 0.4) is 0 Å². The van der Waals surface area contributed by atoms with E-state index >= 15 is 0 Å². The number of nitrogens with zero attached hydrogens (tertiary/aromatic N) is 3. The number of aromatic nitrogens is 3. The van der Waals surface area contributed by atoms with E-state index in [4.69, 9.17) is 15.9 Å². The molecule has 3 rings (SSSR count). The summed E-state index contributed by atoms with van der Waals surface area (Å²) in [6.07, 6.45) is 0. The summed E-state index contributed by atoms with van der Waals surface area (Å²) in [5, 5.41) is 7.89. The molecule has 0 radical (unpaired) electrons. The largest absolute Gasteiger partial charge is 0.358 e. The van der Waals surface area contributed by atoms with Crippen molar-refractivity contribution in [2.45, 2.75) is 4.90 Å². The minimum Gasteiger partial charge on any atom is -0.264 e. The highest BCUT2D eigenvalue weighted by Gasteiger charge is 2.18. The van der Waals surface area contributed by atoms with Gasteiger partial charge in [0.1, 0.15) is 15.9 Å². The zero-order valence-electron chi connectivity index (χ0n) is 9.97. The van der Waals surface area contributed by atoms with E-state index in [0.29, 0.717) is 16.1 Å². The molecule has 1 aromatic heterocycles. The molecular formula is C12H8ClN3O3S. The molecule has 0 unspecified atom stereocenters. The van der Waals surface area contributed by atoms with Crippen LogP contribution in [0.2, 0.25) is 5.02 Å². The van der Waals surface area contributed by atoms with Gasteiger partial charge < -0.3 is 0 Å². The number of hydrogen-bond acceptors (Lipinski definition) is 5. The monoisotopic (exact) mass is 309 g/mol. The first kappa shape index (κ1) is 12.9. The third kappa shape index (κ3) is 2.33. The van der Waals surface area contributed by atoms with Crippen LogP contribution in [0, 0.1) is 0 Å². The molecule has 3 aromatic rings. The molecule has 0 N–H and O–H groups in total. The summed E-state index contributed by atoms with van der Waals surface area (Å²) < 4.78 is 29.1. The van der Waals surface area contributed by atoms with Gasteiger partial charge in [0.15, 0.2) is 0 Å². The molecular weight excluding hydrogens is 302 g/mol. The molecule has 8 heteroatoms. The van der Waals surface area contributed by atoms with Gasteiger partial charge in [-0.2, -0.15) is 8.42 Å². The van der Waals surface area contributed by atoms with Crippen molar-refractivity contribution in [1.82, 2.24) is 15.2 Å². The second-order valence-corrected chi connectivity index (χ2v) is 5.90. The Labute approximate surface area is 119 Å². The molecule has 0 saturated heterocycles. The van der Waals surface area contributed by atoms with Gasteiger partial charge in [0.05, 0.1) is 0 Å². The molecule has 0 aliphatic carbocycles. The van der Waals surface area contributed by atoms with Crippen molar-refractivity contribution >= 4 is 32.8 Å². The average molecular weight is 310 g/mol. The van der Waals surface area contributed by atoms with Gasteiger partial charge in [0.2, 0.25) is 0 Å². The summed E-state index contributed by atoms with van der Waals surface area (Å²) in [4.78, 5) is 0.870. The summed E-state index contributed by atoms with van der Waals surface area (Å²) in [5.74, 6) is 0. The average Bonchev–Trinajstić information content (AvgIpc) is 2.82. The van der Waals surface area contributed by atoms with E-state index in [9.17, 15) is 8.42 Å². The molecule has 1 heterocycles. The number of benzene rings is 2. The Hall–Kier alpha value is -2.12. The summed E-state index contributed by atoms with van der Waals surface area (Å²) in [5.41, 5.74) is 0.856. The second-order valence-electron chi connectivity index (χ2n) is 3.94. The fraction of sp³-hybridized carbons (Fsp3) is 0. The minimum absolute atomic E-state index is 0.0330. The maximum Gasteiger partial charge on any atom is 0.358 e. The Morgan fingerprint density at radius 2 is 1.85 bits per heavy atom. The van der Waals surface area contributed by atoms with Gasteiger partial charge in [0.25, 0.3) is 0 Å². The van der Waals surface area contributed by atoms with Crippen LogP contribution in [0.4, 0.5) is 0 Å². The summed E-state index contributed by atoms with van der Waals surface area (Å²) >= 11 is 5.86. The highest BCUT2D eigenvalue weighted by atomic mass is 35.5. The Balaban J connectivity index is 2.03. The fourth-order valence-corrected chi connectivity index (χ4v) is 2.69. The first-order valence-corrected chi connectivity index (χ1v) is 7.36. The first-order valence-electron chi connectivity index (χ1n) is 5.57. The summed E-state index contributed by atoms with van der Waals surface area (Å²) in [7, 11) is -3.97. The van der Waals surface area contributed by atoms with E-state index in [1.807, 2.05) is 0 Å². The molecule has 20 heavy (non-hydrogen) atoms. The molecule has 0 aliphatic heterocycles. The lowest BCUT2D eigenvalue weighted by Gasteiger charge is -2.05. The Kier molecular flexibility index (Phi) is 3.07. The fourth-order valence-electron chi connectivity index (χ4n) is 1.65. The van der Waals surface area contributed by atoms with Crippen molar-refractivity contribution in [2.24, 2.45) is 0 Å². The molecule has 0 saturated carbocycles. The Morgan fingerprint density at radius 3 is 2.60 bits per heavy atom. The standard InChI is InChI=1S/C12H8ClN3O3S/c13-9-6-7-11-12(8-9)16(15-14-11)19-20(17,18)10-4-2-1-3-5-10/h1-8H. The number of halogens is 1. The van der Waals surface area contributed by atoms with E-state index in [0.717, 1.165) is 4.85 Å². The van der Waals surface area contributed by atoms with Crippen LogP contribution in [0.5, 0.6) is 0 Å². The van der Waals surface area contributed by atoms with Gasteiger partial charge in [-0.3, -0.25) is 4.28 Å². The van der Waals surface area contributed by atoms with Crippen molar-refractivity contribution in [2.75, 3.05) is 0 Å². The van der Waals surface area contributed by atoms with Crippen LogP contribution < -0.4 is 4.28 Å². The SMILES string of the molecule is O=S(=O)(On1nnc2ccc(Cl)cc21)c1ccccc1. The molecule has 6 nitrogen and oxygen atoms in total. The van der Waals surface area contributed by atoms with Crippen LogP contribution in [0.25, 0.3) is 11.0 Å². The van der Waals surface area contributed by atoms with Crippen molar-refractivity contribution in [3.63, 3.8) is 0 Å². The van der Waals surface area contributed by atoms with Crippen molar-refractivity contribution in [3.05, 3.63) is 53.6 Å². The van der Waals surface area contributed by atoms with Crippen LogP contribution in [-0.4, -0.2) is 23.6 Å². The zero-order valence-corrected chi connectivity index (χ0v) is 11.5. The van der Waals surface area contributed by atoms with Crippen molar-refractivity contribution in [1.29, 1.82) is 0 Å². The maximum absolute atomic E-state index is 12.1. The lowest BCUT2D eigenvalue weighted by atomic mass is 10.3. The molecule has 0 spiro atoms. The third-order valence-corrected chi connectivity index (χ3v) is 4.00. The lowest BCUT2D eigenvalue weighted by Crippen LogP contribution is -2.21. The number of fused-ring (bicyclic) bond motifs is 1. The van der Waals surface area contributed by atoms with Gasteiger partial charge in [-0.1, -0.05) is 34.6 Å². The smallest absolute Gasteiger partial charge is 0.264 e. The maximum atomic E-state index is 12.1. The van der Waals surface area contributed by atoms with Crippen LogP contribution in [-0.2, 0) is 10.1 Å². The first-order chi connectivity index (χ1) is 9.56. The molecule has 0 atom stereocenters. The molecule has 0 bridgehead atoms. The van der Waals surface area contributed by atoms with E-state index in [1.54, 1.807) is 30.3 Å². The van der Waals surface area contributed by atoms with Gasteiger partial charge in [-0.25, -0.2) is 0 Å². The van der Waals surface area contributed by atoms with Crippen LogP contribution >= 0.6 is 11.6 Å². The Bertz CT molecular complexity index is 862. The summed E-state index contributed by atoms with van der Waals surface area (Å²) in [6, 6.07) is 12.6. The lowest BCUT2D eigenvalue weighted by molar-refractivity contribution is 0.245.